The molecule has 0 bridgehead atoms. The van der Waals surface area contributed by atoms with E-state index in [0.717, 1.165) is 38.5 Å². The quantitative estimate of drug-likeness (QED) is 0.817. The van der Waals surface area contributed by atoms with Gasteiger partial charge in [-0.05, 0) is 37.0 Å². The molecule has 0 heterocycles. The first kappa shape index (κ1) is 15.8. The SMILES string of the molecule is CCCc1ccc(S(=O)(=O)NC2(CCl)CCCC2)cc1. The van der Waals surface area contributed by atoms with Crippen molar-refractivity contribution < 1.29 is 8.42 Å². The number of benzene rings is 1. The van der Waals surface area contributed by atoms with Crippen LogP contribution in [0.2, 0.25) is 0 Å². The molecule has 0 spiro atoms. The molecule has 0 amide bonds. The van der Waals surface area contributed by atoms with Gasteiger partial charge in [-0.15, -0.1) is 11.6 Å². The van der Waals surface area contributed by atoms with Crippen molar-refractivity contribution in [3.05, 3.63) is 29.8 Å². The van der Waals surface area contributed by atoms with Crippen molar-refractivity contribution in [1.82, 2.24) is 4.72 Å². The molecule has 1 aliphatic rings. The van der Waals surface area contributed by atoms with Crippen LogP contribution in [-0.4, -0.2) is 19.8 Å². The Balaban J connectivity index is 2.17. The number of sulfonamides is 1. The first-order valence-corrected chi connectivity index (χ1v) is 9.22. The third-order valence-electron chi connectivity index (χ3n) is 3.94. The summed E-state index contributed by atoms with van der Waals surface area (Å²) in [6.07, 6.45) is 5.74. The Morgan fingerprint density at radius 1 is 1.20 bits per heavy atom. The van der Waals surface area contributed by atoms with Crippen molar-refractivity contribution in [2.75, 3.05) is 5.88 Å². The average molecular weight is 316 g/mol. The van der Waals surface area contributed by atoms with Crippen LogP contribution in [0.25, 0.3) is 0 Å². The third-order valence-corrected chi connectivity index (χ3v) is 6.05. The molecule has 1 N–H and O–H groups in total. The fourth-order valence-electron chi connectivity index (χ4n) is 2.78. The molecule has 1 aromatic carbocycles. The normalized spacial score (nSPS) is 18.3. The van der Waals surface area contributed by atoms with E-state index in [9.17, 15) is 8.42 Å². The van der Waals surface area contributed by atoms with E-state index >= 15 is 0 Å². The lowest BCUT2D eigenvalue weighted by molar-refractivity contribution is 0.433. The van der Waals surface area contributed by atoms with Crippen LogP contribution in [0.1, 0.15) is 44.6 Å². The van der Waals surface area contributed by atoms with Crippen LogP contribution in [-0.2, 0) is 16.4 Å². The van der Waals surface area contributed by atoms with E-state index in [-0.39, 0.29) is 0 Å². The summed E-state index contributed by atoms with van der Waals surface area (Å²) >= 11 is 6.00. The van der Waals surface area contributed by atoms with Crippen LogP contribution in [0.3, 0.4) is 0 Å². The zero-order chi connectivity index (χ0) is 14.6. The minimum absolute atomic E-state index is 0.328. The van der Waals surface area contributed by atoms with Crippen molar-refractivity contribution in [3.8, 4) is 0 Å². The predicted molar refractivity (Wildman–Crippen MR) is 82.7 cm³/mol. The molecule has 1 saturated carbocycles. The van der Waals surface area contributed by atoms with Crippen molar-refractivity contribution >= 4 is 21.6 Å². The molecule has 3 nitrogen and oxygen atoms in total. The van der Waals surface area contributed by atoms with Gasteiger partial charge in [-0.2, -0.15) is 0 Å². The summed E-state index contributed by atoms with van der Waals surface area (Å²) in [5.41, 5.74) is 0.710. The van der Waals surface area contributed by atoms with Gasteiger partial charge in [-0.1, -0.05) is 38.3 Å². The molecule has 0 atom stereocenters. The van der Waals surface area contributed by atoms with Gasteiger partial charge >= 0.3 is 0 Å². The Morgan fingerprint density at radius 3 is 2.30 bits per heavy atom. The molecule has 0 aromatic heterocycles. The highest BCUT2D eigenvalue weighted by atomic mass is 35.5. The van der Waals surface area contributed by atoms with Gasteiger partial charge in [0.15, 0.2) is 0 Å². The van der Waals surface area contributed by atoms with E-state index in [1.165, 1.54) is 5.56 Å². The fourth-order valence-corrected chi connectivity index (χ4v) is 4.65. The van der Waals surface area contributed by atoms with Gasteiger partial charge in [0.05, 0.1) is 4.90 Å². The van der Waals surface area contributed by atoms with E-state index in [2.05, 4.69) is 11.6 Å². The van der Waals surface area contributed by atoms with Crippen LogP contribution in [0.4, 0.5) is 0 Å². The third kappa shape index (κ3) is 3.54. The summed E-state index contributed by atoms with van der Waals surface area (Å²) in [7, 11) is -3.48. The van der Waals surface area contributed by atoms with Gasteiger partial charge in [0.2, 0.25) is 10.0 Å². The van der Waals surface area contributed by atoms with Crippen molar-refractivity contribution in [3.63, 3.8) is 0 Å². The van der Waals surface area contributed by atoms with Gasteiger partial charge in [0, 0.05) is 11.4 Å². The standard InChI is InChI=1S/C15H22ClNO2S/c1-2-5-13-6-8-14(9-7-13)20(18,19)17-15(12-16)10-3-4-11-15/h6-9,17H,2-5,10-12H2,1H3. The minimum atomic E-state index is -3.48. The van der Waals surface area contributed by atoms with Crippen molar-refractivity contribution in [2.24, 2.45) is 0 Å². The van der Waals surface area contributed by atoms with E-state index < -0.39 is 15.6 Å². The number of hydrogen-bond donors (Lipinski definition) is 1. The van der Waals surface area contributed by atoms with Gasteiger partial charge in [0.25, 0.3) is 0 Å². The lowest BCUT2D eigenvalue weighted by Gasteiger charge is -2.27. The van der Waals surface area contributed by atoms with Crippen LogP contribution in [0, 0.1) is 0 Å². The number of aryl methyl sites for hydroxylation is 1. The van der Waals surface area contributed by atoms with Crippen LogP contribution in [0.5, 0.6) is 0 Å². The zero-order valence-corrected chi connectivity index (χ0v) is 13.4. The second kappa shape index (κ2) is 6.46. The number of nitrogens with one attached hydrogen (secondary N) is 1. The maximum Gasteiger partial charge on any atom is 0.241 e. The number of rotatable bonds is 6. The van der Waals surface area contributed by atoms with Crippen molar-refractivity contribution in [1.29, 1.82) is 0 Å². The minimum Gasteiger partial charge on any atom is -0.207 e. The number of halogens is 1. The number of alkyl halides is 1. The molecular weight excluding hydrogens is 294 g/mol. The Morgan fingerprint density at radius 2 is 1.80 bits per heavy atom. The Labute approximate surface area is 126 Å². The maximum absolute atomic E-state index is 12.5. The lowest BCUT2D eigenvalue weighted by atomic mass is 10.0. The van der Waals surface area contributed by atoms with Crippen LogP contribution >= 0.6 is 11.6 Å². The van der Waals surface area contributed by atoms with E-state index in [1.807, 2.05) is 12.1 Å². The fraction of sp³-hybridized carbons (Fsp3) is 0.600. The van der Waals surface area contributed by atoms with Crippen molar-refractivity contribution in [2.45, 2.75) is 55.9 Å². The van der Waals surface area contributed by atoms with Gasteiger partial charge < -0.3 is 0 Å². The van der Waals surface area contributed by atoms with Gasteiger partial charge in [0.1, 0.15) is 0 Å². The predicted octanol–water partition coefficient (Wildman–Crippen LogP) is 3.47. The zero-order valence-electron chi connectivity index (χ0n) is 11.9. The summed E-state index contributed by atoms with van der Waals surface area (Å²) in [4.78, 5) is 0.328. The average Bonchev–Trinajstić information content (AvgIpc) is 2.88. The highest BCUT2D eigenvalue weighted by Crippen LogP contribution is 2.32. The molecule has 112 valence electrons. The van der Waals surface area contributed by atoms with Gasteiger partial charge in [-0.25, -0.2) is 13.1 Å². The molecule has 0 aliphatic heterocycles. The molecule has 0 saturated heterocycles. The summed E-state index contributed by atoms with van der Waals surface area (Å²) < 4.78 is 27.7. The van der Waals surface area contributed by atoms with Gasteiger partial charge in [-0.3, -0.25) is 0 Å². The van der Waals surface area contributed by atoms with E-state index in [1.54, 1.807) is 12.1 Å². The Hall–Kier alpha value is -0.580. The lowest BCUT2D eigenvalue weighted by Crippen LogP contribution is -2.47. The summed E-state index contributed by atoms with van der Waals surface area (Å²) in [6, 6.07) is 7.15. The van der Waals surface area contributed by atoms with E-state index in [0.29, 0.717) is 10.8 Å². The summed E-state index contributed by atoms with van der Waals surface area (Å²) in [5, 5.41) is 0. The molecule has 1 aromatic rings. The molecule has 2 rings (SSSR count). The highest BCUT2D eigenvalue weighted by Gasteiger charge is 2.37. The Kier molecular flexibility index (Phi) is 5.10. The highest BCUT2D eigenvalue weighted by molar-refractivity contribution is 7.89. The maximum atomic E-state index is 12.5. The summed E-state index contributed by atoms with van der Waals surface area (Å²) in [6.45, 7) is 2.11. The monoisotopic (exact) mass is 315 g/mol. The molecule has 20 heavy (non-hydrogen) atoms. The van der Waals surface area contributed by atoms with Crippen LogP contribution in [0.15, 0.2) is 29.2 Å². The largest absolute Gasteiger partial charge is 0.241 e. The second-order valence-corrected chi connectivity index (χ2v) is 7.57. The topological polar surface area (TPSA) is 46.2 Å². The Bertz CT molecular complexity index is 533. The smallest absolute Gasteiger partial charge is 0.207 e. The molecule has 5 heteroatoms. The molecule has 0 unspecified atom stereocenters. The molecular formula is C15H22ClNO2S. The first-order chi connectivity index (χ1) is 9.51. The van der Waals surface area contributed by atoms with E-state index in [4.69, 9.17) is 11.6 Å². The first-order valence-electron chi connectivity index (χ1n) is 7.20. The summed E-state index contributed by atoms with van der Waals surface area (Å²) in [5.74, 6) is 0.333. The van der Waals surface area contributed by atoms with Crippen LogP contribution < -0.4 is 4.72 Å². The second-order valence-electron chi connectivity index (χ2n) is 5.62. The number of hydrogen-bond acceptors (Lipinski definition) is 2. The molecule has 0 radical (unpaired) electrons. The molecule has 1 fully saturated rings. The molecule has 1 aliphatic carbocycles.